The number of hydrogen-bond acceptors (Lipinski definition) is 5. The number of amides is 2. The topological polar surface area (TPSA) is 114 Å². The second-order valence-electron chi connectivity index (χ2n) is 7.90. The first-order valence-electron chi connectivity index (χ1n) is 10.7. The maximum Gasteiger partial charge on any atom is 0.407 e. The van der Waals surface area contributed by atoms with Crippen LogP contribution in [0, 0.1) is 0 Å². The molecule has 0 radical (unpaired) electrons. The first-order chi connectivity index (χ1) is 16.4. The maximum absolute atomic E-state index is 12.5. The van der Waals surface area contributed by atoms with Crippen LogP contribution >= 0.6 is 0 Å². The van der Waals surface area contributed by atoms with E-state index < -0.39 is 24.0 Å². The number of benzene rings is 3. The molecule has 0 saturated carbocycles. The van der Waals surface area contributed by atoms with Gasteiger partial charge in [0.05, 0.1) is 7.11 Å². The van der Waals surface area contributed by atoms with Gasteiger partial charge in [0, 0.05) is 11.6 Å². The number of rotatable bonds is 7. The zero-order chi connectivity index (χ0) is 24.2. The van der Waals surface area contributed by atoms with Crippen molar-refractivity contribution in [3.8, 4) is 16.9 Å². The highest BCUT2D eigenvalue weighted by Gasteiger charge is 2.29. The van der Waals surface area contributed by atoms with Crippen molar-refractivity contribution in [2.45, 2.75) is 18.9 Å². The summed E-state index contributed by atoms with van der Waals surface area (Å²) in [5.74, 6) is -1.61. The van der Waals surface area contributed by atoms with Crippen LogP contribution in [0.1, 0.15) is 34.3 Å². The summed E-state index contributed by atoms with van der Waals surface area (Å²) in [6.07, 6.45) is -0.717. The number of carbonyl (C=O) groups is 3. The smallest absolute Gasteiger partial charge is 0.407 e. The highest BCUT2D eigenvalue weighted by Crippen LogP contribution is 2.44. The average Bonchev–Trinajstić information content (AvgIpc) is 3.16. The van der Waals surface area contributed by atoms with Gasteiger partial charge >= 0.3 is 12.1 Å². The molecule has 34 heavy (non-hydrogen) atoms. The number of nitrogens with one attached hydrogen (secondary N) is 2. The van der Waals surface area contributed by atoms with Crippen LogP contribution in [0.15, 0.2) is 66.7 Å². The molecule has 0 heterocycles. The van der Waals surface area contributed by atoms with Crippen molar-refractivity contribution in [1.29, 1.82) is 0 Å². The Labute approximate surface area is 196 Å². The van der Waals surface area contributed by atoms with Gasteiger partial charge in [-0.05, 0) is 47.4 Å². The molecule has 4 rings (SSSR count). The third-order valence-electron chi connectivity index (χ3n) is 5.77. The number of carboxylic acid groups (broad SMARTS) is 1. The van der Waals surface area contributed by atoms with Gasteiger partial charge < -0.3 is 25.2 Å². The van der Waals surface area contributed by atoms with Gasteiger partial charge in [-0.15, -0.1) is 0 Å². The summed E-state index contributed by atoms with van der Waals surface area (Å²) in [5, 5.41) is 14.4. The predicted molar refractivity (Wildman–Crippen MR) is 126 cm³/mol. The minimum absolute atomic E-state index is 0.0857. The number of fused-ring (bicyclic) bond motifs is 3. The van der Waals surface area contributed by atoms with Gasteiger partial charge in [0.1, 0.15) is 24.0 Å². The number of aromatic carboxylic acids is 1. The molecule has 0 fully saturated rings. The van der Waals surface area contributed by atoms with Crippen LogP contribution in [-0.2, 0) is 9.53 Å². The largest absolute Gasteiger partial charge is 0.496 e. The highest BCUT2D eigenvalue weighted by atomic mass is 16.5. The fourth-order valence-corrected chi connectivity index (χ4v) is 4.09. The monoisotopic (exact) mass is 460 g/mol. The molecule has 1 aliphatic rings. The van der Waals surface area contributed by atoms with E-state index in [9.17, 15) is 19.5 Å². The first-order valence-corrected chi connectivity index (χ1v) is 10.7. The van der Waals surface area contributed by atoms with Gasteiger partial charge in [-0.2, -0.15) is 0 Å². The Morgan fingerprint density at radius 1 is 0.971 bits per heavy atom. The molecular weight excluding hydrogens is 436 g/mol. The number of carbonyl (C=O) groups excluding carboxylic acids is 2. The fourth-order valence-electron chi connectivity index (χ4n) is 4.09. The van der Waals surface area contributed by atoms with Crippen molar-refractivity contribution < 1.29 is 29.0 Å². The number of alkyl carbamates (subject to hydrolysis) is 1. The molecule has 0 aromatic heterocycles. The molecule has 0 bridgehead atoms. The van der Waals surface area contributed by atoms with Crippen molar-refractivity contribution in [1.82, 2.24) is 5.32 Å². The zero-order valence-electron chi connectivity index (χ0n) is 18.7. The molecule has 0 unspecified atom stereocenters. The summed E-state index contributed by atoms with van der Waals surface area (Å²) in [5.41, 5.74) is 4.62. The minimum atomic E-state index is -1.18. The van der Waals surface area contributed by atoms with Gasteiger partial charge in [-0.3, -0.25) is 4.79 Å². The van der Waals surface area contributed by atoms with Gasteiger partial charge in [0.2, 0.25) is 5.91 Å². The molecule has 174 valence electrons. The quantitative estimate of drug-likeness (QED) is 0.486. The van der Waals surface area contributed by atoms with E-state index in [2.05, 4.69) is 22.8 Å². The minimum Gasteiger partial charge on any atom is -0.496 e. The number of anilines is 1. The van der Waals surface area contributed by atoms with E-state index in [1.807, 2.05) is 36.4 Å². The summed E-state index contributed by atoms with van der Waals surface area (Å²) in [7, 11) is 1.36. The normalized spacial score (nSPS) is 12.8. The van der Waals surface area contributed by atoms with Crippen molar-refractivity contribution >= 4 is 23.7 Å². The number of carboxylic acids is 1. The number of hydrogen-bond donors (Lipinski definition) is 3. The van der Waals surface area contributed by atoms with Gasteiger partial charge in [-0.25, -0.2) is 9.59 Å². The SMILES string of the molecule is COc1ccc(NC(=O)[C@H](C)NC(=O)OCC2c3ccccc3-c3ccccc32)cc1C(=O)O. The Hall–Kier alpha value is -4.33. The van der Waals surface area contributed by atoms with E-state index in [0.717, 1.165) is 22.3 Å². The average molecular weight is 460 g/mol. The molecule has 0 spiro atoms. The second-order valence-corrected chi connectivity index (χ2v) is 7.90. The summed E-state index contributed by atoms with van der Waals surface area (Å²) >= 11 is 0. The van der Waals surface area contributed by atoms with Crippen molar-refractivity contribution in [2.75, 3.05) is 19.0 Å². The Kier molecular flexibility index (Phi) is 6.49. The second kappa shape index (κ2) is 9.66. The van der Waals surface area contributed by atoms with Gasteiger partial charge in [-0.1, -0.05) is 48.5 Å². The summed E-state index contributed by atoms with van der Waals surface area (Å²) < 4.78 is 10.5. The van der Waals surface area contributed by atoms with Gasteiger partial charge in [0.15, 0.2) is 0 Å². The van der Waals surface area contributed by atoms with Crippen LogP contribution in [0.25, 0.3) is 11.1 Å². The van der Waals surface area contributed by atoms with Crippen LogP contribution < -0.4 is 15.4 Å². The molecule has 2 amide bonds. The van der Waals surface area contributed by atoms with Crippen LogP contribution in [0.4, 0.5) is 10.5 Å². The van der Waals surface area contributed by atoms with Crippen molar-refractivity contribution in [3.63, 3.8) is 0 Å². The van der Waals surface area contributed by atoms with Crippen LogP contribution in [0.3, 0.4) is 0 Å². The lowest BCUT2D eigenvalue weighted by molar-refractivity contribution is -0.117. The summed E-state index contributed by atoms with van der Waals surface area (Å²) in [6.45, 7) is 1.65. The van der Waals surface area contributed by atoms with E-state index in [1.165, 1.54) is 32.2 Å². The Morgan fingerprint density at radius 3 is 2.18 bits per heavy atom. The summed E-state index contributed by atoms with van der Waals surface area (Å²) in [4.78, 5) is 36.3. The van der Waals surface area contributed by atoms with E-state index in [0.29, 0.717) is 0 Å². The lowest BCUT2D eigenvalue weighted by Gasteiger charge is -2.17. The predicted octanol–water partition coefficient (Wildman–Crippen LogP) is 4.26. The molecular formula is C26H24N2O6. The van der Waals surface area contributed by atoms with Crippen LogP contribution in [-0.4, -0.2) is 42.8 Å². The van der Waals surface area contributed by atoms with E-state index in [1.54, 1.807) is 0 Å². The molecule has 1 aliphatic carbocycles. The van der Waals surface area contributed by atoms with Crippen LogP contribution in [0.2, 0.25) is 0 Å². The van der Waals surface area contributed by atoms with Crippen LogP contribution in [0.5, 0.6) is 5.75 Å². The fraction of sp³-hybridized carbons (Fsp3) is 0.192. The van der Waals surface area contributed by atoms with E-state index >= 15 is 0 Å². The maximum atomic E-state index is 12.5. The Morgan fingerprint density at radius 2 is 1.59 bits per heavy atom. The van der Waals surface area contributed by atoms with Gasteiger partial charge in [0.25, 0.3) is 0 Å². The number of ether oxygens (including phenoxy) is 2. The molecule has 3 N–H and O–H groups in total. The molecule has 3 aromatic rings. The van der Waals surface area contributed by atoms with E-state index in [-0.39, 0.29) is 29.5 Å². The Balaban J connectivity index is 1.36. The molecule has 1 atom stereocenters. The van der Waals surface area contributed by atoms with E-state index in [4.69, 9.17) is 9.47 Å². The zero-order valence-corrected chi connectivity index (χ0v) is 18.7. The highest BCUT2D eigenvalue weighted by molar-refractivity contribution is 5.98. The lowest BCUT2D eigenvalue weighted by atomic mass is 9.98. The third kappa shape index (κ3) is 4.56. The standard InChI is InChI=1S/C26H24N2O6/c1-15(24(29)28-16-11-12-23(33-2)21(13-16)25(30)31)27-26(32)34-14-22-19-9-5-3-7-17(19)18-8-4-6-10-20(18)22/h3-13,15,22H,14H2,1-2H3,(H,27,32)(H,28,29)(H,30,31)/t15-/m0/s1. The first kappa shape index (κ1) is 22.8. The van der Waals surface area contributed by atoms with Crippen molar-refractivity contribution in [2.24, 2.45) is 0 Å². The molecule has 3 aromatic carbocycles. The molecule has 8 nitrogen and oxygen atoms in total. The third-order valence-corrected chi connectivity index (χ3v) is 5.77. The lowest BCUT2D eigenvalue weighted by Crippen LogP contribution is -2.42. The number of methoxy groups -OCH3 is 1. The Bertz CT molecular complexity index is 1210. The molecule has 8 heteroatoms. The summed E-state index contributed by atoms with van der Waals surface area (Å²) in [6, 6.07) is 19.4. The van der Waals surface area contributed by atoms with Crippen molar-refractivity contribution in [3.05, 3.63) is 83.4 Å². The molecule has 0 saturated heterocycles. The molecule has 0 aliphatic heterocycles.